The van der Waals surface area contributed by atoms with Gasteiger partial charge in [0, 0.05) is 10.9 Å². The Kier molecular flexibility index (Phi) is 3.23. The van der Waals surface area contributed by atoms with Gasteiger partial charge in [0.05, 0.1) is 11.2 Å². The number of hydrogen-bond donors (Lipinski definition) is 1. The van der Waals surface area contributed by atoms with Crippen molar-refractivity contribution in [3.63, 3.8) is 0 Å². The predicted octanol–water partition coefficient (Wildman–Crippen LogP) is 3.78. The Bertz CT molecular complexity index is 436. The fraction of sp³-hybridized carbons (Fsp3) is 0.800. The second-order valence-electron chi connectivity index (χ2n) is 6.06. The van der Waals surface area contributed by atoms with Crippen molar-refractivity contribution >= 4 is 11.3 Å². The summed E-state index contributed by atoms with van der Waals surface area (Å²) < 4.78 is 0. The van der Waals surface area contributed by atoms with Gasteiger partial charge in [-0.3, -0.25) is 0 Å². The zero-order valence-electron chi connectivity index (χ0n) is 11.8. The summed E-state index contributed by atoms with van der Waals surface area (Å²) in [7, 11) is 0. The molecule has 3 heteroatoms. The Labute approximate surface area is 114 Å². The van der Waals surface area contributed by atoms with Gasteiger partial charge in [0.1, 0.15) is 5.01 Å². The average molecular weight is 264 g/mol. The predicted molar refractivity (Wildman–Crippen MR) is 77.1 cm³/mol. The van der Waals surface area contributed by atoms with E-state index in [9.17, 15) is 0 Å². The lowest BCUT2D eigenvalue weighted by Gasteiger charge is -2.33. The Morgan fingerprint density at radius 1 is 1.39 bits per heavy atom. The maximum atomic E-state index is 4.97. The van der Waals surface area contributed by atoms with E-state index in [-0.39, 0.29) is 5.54 Å². The first-order valence-electron chi connectivity index (χ1n) is 7.40. The number of aryl methyl sites for hydroxylation is 2. The third kappa shape index (κ3) is 2.01. The summed E-state index contributed by atoms with van der Waals surface area (Å²) in [5.74, 6) is 0.730. The highest BCUT2D eigenvalue weighted by atomic mass is 32.1. The van der Waals surface area contributed by atoms with Crippen LogP contribution in [0.1, 0.15) is 61.5 Å². The maximum absolute atomic E-state index is 4.97. The van der Waals surface area contributed by atoms with Gasteiger partial charge in [-0.2, -0.15) is 0 Å². The fourth-order valence-corrected chi connectivity index (χ4v) is 4.61. The van der Waals surface area contributed by atoms with Crippen molar-refractivity contribution in [2.75, 3.05) is 0 Å². The van der Waals surface area contributed by atoms with Crippen LogP contribution in [0.4, 0.5) is 0 Å². The highest BCUT2D eigenvalue weighted by Crippen LogP contribution is 2.47. The van der Waals surface area contributed by atoms with E-state index in [0.717, 1.165) is 18.4 Å². The monoisotopic (exact) mass is 264 g/mol. The molecule has 2 aliphatic rings. The molecule has 2 atom stereocenters. The van der Waals surface area contributed by atoms with Crippen molar-refractivity contribution < 1.29 is 0 Å². The van der Waals surface area contributed by atoms with Crippen LogP contribution in [0.3, 0.4) is 0 Å². The van der Waals surface area contributed by atoms with Crippen molar-refractivity contribution in [1.82, 2.24) is 10.3 Å². The summed E-state index contributed by atoms with van der Waals surface area (Å²) in [4.78, 5) is 6.39. The molecule has 2 saturated carbocycles. The topological polar surface area (TPSA) is 24.9 Å². The molecule has 2 aliphatic carbocycles. The SMILES string of the molecule is CCc1nc(C2(NC3CC3)CCCC2C)sc1C. The van der Waals surface area contributed by atoms with Gasteiger partial charge in [-0.25, -0.2) is 4.98 Å². The zero-order chi connectivity index (χ0) is 12.8. The molecule has 0 bridgehead atoms. The molecule has 2 unspecified atom stereocenters. The van der Waals surface area contributed by atoms with Crippen molar-refractivity contribution in [2.45, 2.75) is 70.9 Å². The summed E-state index contributed by atoms with van der Waals surface area (Å²) >= 11 is 1.93. The highest BCUT2D eigenvalue weighted by Gasteiger charge is 2.46. The van der Waals surface area contributed by atoms with E-state index in [1.165, 1.54) is 47.7 Å². The number of hydrogen-bond acceptors (Lipinski definition) is 3. The van der Waals surface area contributed by atoms with Crippen molar-refractivity contribution in [1.29, 1.82) is 0 Å². The maximum Gasteiger partial charge on any atom is 0.114 e. The molecule has 0 aromatic carbocycles. The zero-order valence-corrected chi connectivity index (χ0v) is 12.6. The van der Waals surface area contributed by atoms with E-state index in [2.05, 4.69) is 26.1 Å². The van der Waals surface area contributed by atoms with Crippen LogP contribution in [0.15, 0.2) is 0 Å². The van der Waals surface area contributed by atoms with Gasteiger partial charge in [0.2, 0.25) is 0 Å². The van der Waals surface area contributed by atoms with Crippen LogP contribution in [-0.2, 0) is 12.0 Å². The van der Waals surface area contributed by atoms with E-state index in [1.807, 2.05) is 11.3 Å². The first-order valence-corrected chi connectivity index (χ1v) is 8.22. The third-order valence-electron chi connectivity index (χ3n) is 4.70. The van der Waals surface area contributed by atoms with Crippen molar-refractivity contribution in [2.24, 2.45) is 5.92 Å². The number of aromatic nitrogens is 1. The van der Waals surface area contributed by atoms with E-state index in [1.54, 1.807) is 0 Å². The van der Waals surface area contributed by atoms with E-state index >= 15 is 0 Å². The molecule has 100 valence electrons. The molecule has 0 saturated heterocycles. The molecule has 0 aliphatic heterocycles. The Morgan fingerprint density at radius 3 is 2.67 bits per heavy atom. The van der Waals surface area contributed by atoms with Crippen molar-refractivity contribution in [3.05, 3.63) is 15.6 Å². The van der Waals surface area contributed by atoms with Crippen LogP contribution in [0.25, 0.3) is 0 Å². The van der Waals surface area contributed by atoms with Gasteiger partial charge in [-0.15, -0.1) is 11.3 Å². The van der Waals surface area contributed by atoms with E-state index < -0.39 is 0 Å². The van der Waals surface area contributed by atoms with Crippen LogP contribution in [-0.4, -0.2) is 11.0 Å². The first-order chi connectivity index (χ1) is 8.65. The summed E-state index contributed by atoms with van der Waals surface area (Å²) in [6.07, 6.45) is 7.76. The van der Waals surface area contributed by atoms with Gasteiger partial charge in [-0.1, -0.05) is 20.3 Å². The second kappa shape index (κ2) is 4.61. The lowest BCUT2D eigenvalue weighted by Crippen LogP contribution is -2.45. The Morgan fingerprint density at radius 2 is 2.17 bits per heavy atom. The first kappa shape index (κ1) is 12.6. The molecule has 18 heavy (non-hydrogen) atoms. The minimum atomic E-state index is 0.198. The van der Waals surface area contributed by atoms with E-state index in [4.69, 9.17) is 4.98 Å². The molecule has 1 heterocycles. The molecule has 1 N–H and O–H groups in total. The van der Waals surface area contributed by atoms with Gasteiger partial charge in [0.25, 0.3) is 0 Å². The third-order valence-corrected chi connectivity index (χ3v) is 5.89. The van der Waals surface area contributed by atoms with Crippen molar-refractivity contribution in [3.8, 4) is 0 Å². The fourth-order valence-electron chi connectivity index (χ4n) is 3.31. The van der Waals surface area contributed by atoms with Gasteiger partial charge >= 0.3 is 0 Å². The number of nitrogens with one attached hydrogen (secondary N) is 1. The van der Waals surface area contributed by atoms with Crippen LogP contribution in [0, 0.1) is 12.8 Å². The molecule has 3 rings (SSSR count). The minimum absolute atomic E-state index is 0.198. The van der Waals surface area contributed by atoms with Gasteiger partial charge in [-0.05, 0) is 44.9 Å². The standard InChI is InChI=1S/C15H24N2S/c1-4-13-11(3)18-14(16-13)15(17-12-7-8-12)9-5-6-10(15)2/h10,12,17H,4-9H2,1-3H3. The smallest absolute Gasteiger partial charge is 0.114 e. The van der Waals surface area contributed by atoms with Crippen LogP contribution < -0.4 is 5.32 Å². The van der Waals surface area contributed by atoms with E-state index in [0.29, 0.717) is 0 Å². The second-order valence-corrected chi connectivity index (χ2v) is 7.26. The van der Waals surface area contributed by atoms with Gasteiger partial charge in [0.15, 0.2) is 0 Å². The van der Waals surface area contributed by atoms with Gasteiger partial charge < -0.3 is 5.32 Å². The van der Waals surface area contributed by atoms with Crippen LogP contribution >= 0.6 is 11.3 Å². The molecule has 2 nitrogen and oxygen atoms in total. The molecule has 2 fully saturated rings. The lowest BCUT2D eigenvalue weighted by molar-refractivity contribution is 0.258. The Hall–Kier alpha value is -0.410. The molecular formula is C15H24N2S. The molecule has 0 spiro atoms. The number of thiazole rings is 1. The molecule has 1 aromatic heterocycles. The molecule has 0 radical (unpaired) electrons. The summed E-state index contributed by atoms with van der Waals surface area (Å²) in [6.45, 7) is 6.85. The molecule has 0 amide bonds. The van der Waals surface area contributed by atoms with Crippen LogP contribution in [0.2, 0.25) is 0 Å². The summed E-state index contributed by atoms with van der Waals surface area (Å²) in [5.41, 5.74) is 1.51. The number of rotatable bonds is 4. The quantitative estimate of drug-likeness (QED) is 0.895. The molecular weight excluding hydrogens is 240 g/mol. The van der Waals surface area contributed by atoms with Crippen LogP contribution in [0.5, 0.6) is 0 Å². The number of nitrogens with zero attached hydrogens (tertiary/aromatic N) is 1. The average Bonchev–Trinajstić information content (AvgIpc) is 2.97. The molecule has 1 aromatic rings. The summed E-state index contributed by atoms with van der Waals surface area (Å²) in [5, 5.41) is 5.31. The normalized spacial score (nSPS) is 32.1. The largest absolute Gasteiger partial charge is 0.302 e. The summed E-state index contributed by atoms with van der Waals surface area (Å²) in [6, 6.07) is 0.764. The minimum Gasteiger partial charge on any atom is -0.302 e. The highest BCUT2D eigenvalue weighted by molar-refractivity contribution is 7.11. The lowest BCUT2D eigenvalue weighted by atomic mass is 9.88. The Balaban J connectivity index is 1.96.